The minimum absolute atomic E-state index is 0. The van der Waals surface area contributed by atoms with Gasteiger partial charge in [0.1, 0.15) is 5.75 Å². The molecule has 130 valence electrons. The average Bonchev–Trinajstić information content (AvgIpc) is 2.98. The maximum absolute atomic E-state index is 12.2. The number of hydrogen-bond donors (Lipinski definition) is 3. The quantitative estimate of drug-likeness (QED) is 0.614. The van der Waals surface area contributed by atoms with Crippen LogP contribution in [-0.4, -0.2) is 28.1 Å². The van der Waals surface area contributed by atoms with E-state index in [2.05, 4.69) is 4.98 Å². The first-order valence-corrected chi connectivity index (χ1v) is 7.06. The standard InChI is InChI=1S/C17H15NO2.CH4O.2CH4/c19-14-7-8-15-13(10-14)11-16(18-15)17(20)9-6-12-4-2-1-3-5-12;1-2;;/h1-5,7-8,10-11,18-19H,6,9H2;2H,1H3;2*1H4. The van der Waals surface area contributed by atoms with E-state index in [0.29, 0.717) is 12.1 Å². The molecule has 0 fully saturated rings. The normalized spacial score (nSPS) is 9.25. The Labute approximate surface area is 143 Å². The number of H-pyrrole nitrogens is 1. The zero-order valence-corrected chi connectivity index (χ0v) is 12.4. The van der Waals surface area contributed by atoms with Gasteiger partial charge in [-0.15, -0.1) is 0 Å². The summed E-state index contributed by atoms with van der Waals surface area (Å²) < 4.78 is 0. The number of benzene rings is 2. The van der Waals surface area contributed by atoms with Gasteiger partial charge in [-0.1, -0.05) is 45.2 Å². The summed E-state index contributed by atoms with van der Waals surface area (Å²) in [5.74, 6) is 0.296. The van der Waals surface area contributed by atoms with Crippen LogP contribution < -0.4 is 0 Å². The molecule has 4 heteroatoms. The highest BCUT2D eigenvalue weighted by atomic mass is 16.3. The van der Waals surface area contributed by atoms with Gasteiger partial charge >= 0.3 is 0 Å². The second-order valence-corrected chi connectivity index (χ2v) is 4.86. The lowest BCUT2D eigenvalue weighted by atomic mass is 10.1. The van der Waals surface area contributed by atoms with Crippen LogP contribution in [0, 0.1) is 0 Å². The number of rotatable bonds is 4. The molecule has 0 amide bonds. The van der Waals surface area contributed by atoms with Gasteiger partial charge in [-0.05, 0) is 36.2 Å². The van der Waals surface area contributed by atoms with Crippen molar-refractivity contribution < 1.29 is 15.0 Å². The molecule has 0 saturated heterocycles. The molecular formula is C20H27NO3. The van der Waals surface area contributed by atoms with Gasteiger partial charge in [0.25, 0.3) is 0 Å². The fourth-order valence-electron chi connectivity index (χ4n) is 2.31. The maximum Gasteiger partial charge on any atom is 0.179 e. The van der Waals surface area contributed by atoms with Gasteiger partial charge in [0.05, 0.1) is 5.69 Å². The number of fused-ring (bicyclic) bond motifs is 1. The van der Waals surface area contributed by atoms with Crippen molar-refractivity contribution in [1.29, 1.82) is 0 Å². The van der Waals surface area contributed by atoms with Gasteiger partial charge in [0.15, 0.2) is 5.78 Å². The highest BCUT2D eigenvalue weighted by molar-refractivity contribution is 5.99. The van der Waals surface area contributed by atoms with E-state index < -0.39 is 0 Å². The van der Waals surface area contributed by atoms with Crippen LogP contribution in [0.1, 0.15) is 37.3 Å². The van der Waals surface area contributed by atoms with Crippen LogP contribution in [0.25, 0.3) is 10.9 Å². The number of hydrogen-bond acceptors (Lipinski definition) is 3. The predicted molar refractivity (Wildman–Crippen MR) is 101 cm³/mol. The fourth-order valence-corrected chi connectivity index (χ4v) is 2.31. The number of nitrogens with one attached hydrogen (secondary N) is 1. The third-order valence-electron chi connectivity index (χ3n) is 3.39. The highest BCUT2D eigenvalue weighted by Crippen LogP contribution is 2.21. The van der Waals surface area contributed by atoms with Crippen molar-refractivity contribution in [3.05, 3.63) is 65.9 Å². The Bertz CT molecular complexity index is 748. The number of aromatic nitrogens is 1. The molecular weight excluding hydrogens is 302 g/mol. The van der Waals surface area contributed by atoms with E-state index in [1.54, 1.807) is 24.3 Å². The number of phenols is 1. The summed E-state index contributed by atoms with van der Waals surface area (Å²) in [4.78, 5) is 15.3. The largest absolute Gasteiger partial charge is 0.508 e. The van der Waals surface area contributed by atoms with Gasteiger partial charge in [0.2, 0.25) is 0 Å². The fraction of sp³-hybridized carbons (Fsp3) is 0.250. The van der Waals surface area contributed by atoms with E-state index in [0.717, 1.165) is 30.0 Å². The topological polar surface area (TPSA) is 73.3 Å². The van der Waals surface area contributed by atoms with E-state index in [9.17, 15) is 9.90 Å². The highest BCUT2D eigenvalue weighted by Gasteiger charge is 2.10. The molecule has 0 aliphatic heterocycles. The molecule has 4 nitrogen and oxygen atoms in total. The smallest absolute Gasteiger partial charge is 0.179 e. The first kappa shape index (κ1) is 21.4. The number of aliphatic hydroxyl groups excluding tert-OH is 1. The molecule has 3 rings (SSSR count). The molecule has 24 heavy (non-hydrogen) atoms. The number of aryl methyl sites for hydroxylation is 1. The number of carbonyl (C=O) groups excluding carboxylic acids is 1. The molecule has 0 bridgehead atoms. The third-order valence-corrected chi connectivity index (χ3v) is 3.39. The summed E-state index contributed by atoms with van der Waals surface area (Å²) in [6.45, 7) is 0. The lowest BCUT2D eigenvalue weighted by Gasteiger charge is -1.99. The van der Waals surface area contributed by atoms with Crippen molar-refractivity contribution in [3.63, 3.8) is 0 Å². The number of carbonyl (C=O) groups is 1. The van der Waals surface area contributed by atoms with Crippen molar-refractivity contribution in [2.45, 2.75) is 27.7 Å². The Kier molecular flexibility index (Phi) is 9.13. The van der Waals surface area contributed by atoms with Crippen LogP contribution in [0.3, 0.4) is 0 Å². The van der Waals surface area contributed by atoms with E-state index in [1.165, 1.54) is 0 Å². The molecule has 0 unspecified atom stereocenters. The minimum Gasteiger partial charge on any atom is -0.508 e. The summed E-state index contributed by atoms with van der Waals surface area (Å²) in [7, 11) is 1.00. The second kappa shape index (κ2) is 10.2. The lowest BCUT2D eigenvalue weighted by Crippen LogP contribution is -2.01. The Balaban J connectivity index is 0.00000128. The zero-order valence-electron chi connectivity index (χ0n) is 12.4. The molecule has 0 atom stereocenters. The van der Waals surface area contributed by atoms with E-state index in [-0.39, 0.29) is 26.4 Å². The van der Waals surface area contributed by atoms with Crippen LogP contribution in [0.2, 0.25) is 0 Å². The Morgan fingerprint density at radius 3 is 2.33 bits per heavy atom. The summed E-state index contributed by atoms with van der Waals surface area (Å²) >= 11 is 0. The van der Waals surface area contributed by atoms with Crippen LogP contribution >= 0.6 is 0 Å². The molecule has 1 heterocycles. The predicted octanol–water partition coefficient (Wildman–Crippen LogP) is 4.57. The number of aromatic amines is 1. The van der Waals surface area contributed by atoms with Crippen LogP contribution in [0.4, 0.5) is 0 Å². The van der Waals surface area contributed by atoms with Gasteiger partial charge < -0.3 is 15.2 Å². The Hall–Kier alpha value is -2.59. The zero-order chi connectivity index (χ0) is 15.9. The van der Waals surface area contributed by atoms with Gasteiger partial charge in [-0.3, -0.25) is 4.79 Å². The van der Waals surface area contributed by atoms with Crippen LogP contribution in [-0.2, 0) is 6.42 Å². The molecule has 0 spiro atoms. The van der Waals surface area contributed by atoms with E-state index in [4.69, 9.17) is 5.11 Å². The molecule has 0 aliphatic carbocycles. The molecule has 0 aliphatic rings. The summed E-state index contributed by atoms with van der Waals surface area (Å²) in [6.07, 6.45) is 1.21. The summed E-state index contributed by atoms with van der Waals surface area (Å²) in [5.41, 5.74) is 2.63. The average molecular weight is 329 g/mol. The number of Topliss-reactive ketones (excluding diaryl/α,β-unsaturated/α-hetero) is 1. The molecule has 2 aromatic carbocycles. The van der Waals surface area contributed by atoms with Crippen molar-refractivity contribution in [2.24, 2.45) is 0 Å². The minimum atomic E-state index is 0. The van der Waals surface area contributed by atoms with Crippen molar-refractivity contribution in [2.75, 3.05) is 7.11 Å². The first-order valence-electron chi connectivity index (χ1n) is 7.06. The van der Waals surface area contributed by atoms with Gasteiger partial charge in [-0.25, -0.2) is 0 Å². The SMILES string of the molecule is C.C.CO.O=C(CCc1ccccc1)c1cc2cc(O)ccc2[nH]1. The monoisotopic (exact) mass is 329 g/mol. The molecule has 3 N–H and O–H groups in total. The number of phenolic OH excluding ortho intramolecular Hbond substituents is 1. The van der Waals surface area contributed by atoms with Gasteiger partial charge in [-0.2, -0.15) is 0 Å². The molecule has 1 aromatic heterocycles. The van der Waals surface area contributed by atoms with Crippen molar-refractivity contribution in [3.8, 4) is 5.75 Å². The first-order chi connectivity index (χ1) is 10.7. The Morgan fingerprint density at radius 1 is 1.00 bits per heavy atom. The van der Waals surface area contributed by atoms with Gasteiger partial charge in [0, 0.05) is 24.4 Å². The van der Waals surface area contributed by atoms with Crippen molar-refractivity contribution in [1.82, 2.24) is 4.98 Å². The lowest BCUT2D eigenvalue weighted by molar-refractivity contribution is 0.0979. The Morgan fingerprint density at radius 2 is 1.67 bits per heavy atom. The third kappa shape index (κ3) is 5.25. The van der Waals surface area contributed by atoms with E-state index in [1.807, 2.05) is 30.3 Å². The van der Waals surface area contributed by atoms with E-state index >= 15 is 0 Å². The molecule has 3 aromatic rings. The number of aromatic hydroxyl groups is 1. The van der Waals surface area contributed by atoms with Crippen molar-refractivity contribution >= 4 is 16.7 Å². The summed E-state index contributed by atoms with van der Waals surface area (Å²) in [5, 5.41) is 17.3. The number of ketones is 1. The van der Waals surface area contributed by atoms with Crippen LogP contribution in [0.5, 0.6) is 5.75 Å². The number of aliphatic hydroxyl groups is 1. The molecule has 0 radical (unpaired) electrons. The molecule has 0 saturated carbocycles. The summed E-state index contributed by atoms with van der Waals surface area (Å²) in [6, 6.07) is 16.8. The van der Waals surface area contributed by atoms with Crippen LogP contribution in [0.15, 0.2) is 54.6 Å². The second-order valence-electron chi connectivity index (χ2n) is 4.86. The maximum atomic E-state index is 12.2.